The summed E-state index contributed by atoms with van der Waals surface area (Å²) >= 11 is 0. The Morgan fingerprint density at radius 3 is 2.73 bits per heavy atom. The number of hydrogen-bond acceptors (Lipinski definition) is 3. The number of nitrogens with one attached hydrogen (secondary N) is 2. The summed E-state index contributed by atoms with van der Waals surface area (Å²) in [7, 11) is 0. The van der Waals surface area contributed by atoms with Gasteiger partial charge in [0.1, 0.15) is 5.82 Å². The number of fused-ring (bicyclic) bond motifs is 1. The summed E-state index contributed by atoms with van der Waals surface area (Å²) in [5.41, 5.74) is 5.07. The lowest BCUT2D eigenvalue weighted by Gasteiger charge is -2.14. The highest BCUT2D eigenvalue weighted by molar-refractivity contribution is 6.02. The van der Waals surface area contributed by atoms with Gasteiger partial charge in [-0.05, 0) is 66.1 Å². The number of nitrogens with zero attached hydrogens (tertiary/aromatic N) is 1. The van der Waals surface area contributed by atoms with Crippen LogP contribution in [0.2, 0.25) is 0 Å². The number of carboxylic acid groups (broad SMARTS) is 1. The lowest BCUT2D eigenvalue weighted by atomic mass is 9.92. The molecule has 0 spiro atoms. The lowest BCUT2D eigenvalue weighted by molar-refractivity contribution is 0.0696. The molecule has 0 bridgehead atoms. The minimum Gasteiger partial charge on any atom is -0.478 e. The van der Waals surface area contributed by atoms with E-state index >= 15 is 4.39 Å². The third kappa shape index (κ3) is 4.12. The standard InChI is InChI=1S/C27H24FN3O2/c28-23-15-18(17-7-2-1-3-8-17)13-14-21(23)22-11-6-12-24-25(22)26(31-30-24)29-16-19-9-4-5-10-20(19)27(32)33/h4-7,9-15H,1-3,8,16H2,(H,32,33)(H2,29,30,31). The fourth-order valence-electron chi connectivity index (χ4n) is 4.52. The number of anilines is 1. The van der Waals surface area contributed by atoms with Crippen molar-refractivity contribution in [3.63, 3.8) is 0 Å². The molecular formula is C27H24FN3O2. The Hall–Kier alpha value is -3.93. The maximum absolute atomic E-state index is 15.3. The monoisotopic (exact) mass is 441 g/mol. The molecule has 0 saturated heterocycles. The van der Waals surface area contributed by atoms with Crippen LogP contribution >= 0.6 is 0 Å². The third-order valence-electron chi connectivity index (χ3n) is 6.20. The number of H-pyrrole nitrogens is 1. The molecule has 0 radical (unpaired) electrons. The van der Waals surface area contributed by atoms with Gasteiger partial charge in [0.2, 0.25) is 0 Å². The highest BCUT2D eigenvalue weighted by Gasteiger charge is 2.17. The van der Waals surface area contributed by atoms with Crippen LogP contribution in [0.5, 0.6) is 0 Å². The zero-order valence-corrected chi connectivity index (χ0v) is 18.1. The molecule has 0 saturated carbocycles. The van der Waals surface area contributed by atoms with Gasteiger partial charge in [-0.15, -0.1) is 0 Å². The first-order valence-electron chi connectivity index (χ1n) is 11.1. The maximum Gasteiger partial charge on any atom is 0.336 e. The van der Waals surface area contributed by atoms with Crippen LogP contribution in [0.3, 0.4) is 0 Å². The van der Waals surface area contributed by atoms with E-state index in [1.165, 1.54) is 12.0 Å². The third-order valence-corrected chi connectivity index (χ3v) is 6.20. The molecule has 4 aromatic rings. The summed E-state index contributed by atoms with van der Waals surface area (Å²) < 4.78 is 15.3. The highest BCUT2D eigenvalue weighted by Crippen LogP contribution is 2.36. The zero-order valence-electron chi connectivity index (χ0n) is 18.1. The van der Waals surface area contributed by atoms with Crippen LogP contribution in [0.1, 0.15) is 47.2 Å². The Balaban J connectivity index is 1.50. The SMILES string of the molecule is O=C(O)c1ccccc1CNc1n[nH]c2cccc(-c3ccc(C4=CCCCC4)cc3F)c12. The van der Waals surface area contributed by atoms with E-state index in [1.807, 2.05) is 30.3 Å². The van der Waals surface area contributed by atoms with Gasteiger partial charge in [-0.1, -0.05) is 48.5 Å². The first kappa shape index (κ1) is 20.9. The zero-order chi connectivity index (χ0) is 22.8. The molecular weight excluding hydrogens is 417 g/mol. The van der Waals surface area contributed by atoms with Crippen LogP contribution < -0.4 is 5.32 Å². The predicted octanol–water partition coefficient (Wildman–Crippen LogP) is 6.64. The van der Waals surface area contributed by atoms with Crippen molar-refractivity contribution in [2.45, 2.75) is 32.2 Å². The number of aromatic nitrogens is 2. The first-order valence-corrected chi connectivity index (χ1v) is 11.1. The second kappa shape index (κ2) is 8.90. The quantitative estimate of drug-likeness (QED) is 0.314. The van der Waals surface area contributed by atoms with Gasteiger partial charge in [0.25, 0.3) is 0 Å². The van der Waals surface area contributed by atoms with Gasteiger partial charge in [0.15, 0.2) is 5.82 Å². The second-order valence-electron chi connectivity index (χ2n) is 8.29. The minimum absolute atomic E-state index is 0.240. The highest BCUT2D eigenvalue weighted by atomic mass is 19.1. The topological polar surface area (TPSA) is 78.0 Å². The van der Waals surface area contributed by atoms with Crippen LogP contribution in [-0.4, -0.2) is 21.3 Å². The summed E-state index contributed by atoms with van der Waals surface area (Å²) in [6.07, 6.45) is 6.59. The molecule has 0 amide bonds. The molecule has 0 aliphatic heterocycles. The molecule has 5 nitrogen and oxygen atoms in total. The van der Waals surface area contributed by atoms with E-state index in [2.05, 4.69) is 21.6 Å². The van der Waals surface area contributed by atoms with Crippen LogP contribution in [0.4, 0.5) is 10.2 Å². The number of carboxylic acids is 1. The van der Waals surface area contributed by atoms with Crippen molar-refractivity contribution >= 4 is 28.3 Å². The van der Waals surface area contributed by atoms with Crippen molar-refractivity contribution in [2.75, 3.05) is 5.32 Å². The molecule has 1 aromatic heterocycles. The van der Waals surface area contributed by atoms with Gasteiger partial charge in [0.05, 0.1) is 16.5 Å². The Labute approximate surface area is 191 Å². The number of allylic oxidation sites excluding steroid dienone is 2. The minimum atomic E-state index is -0.977. The van der Waals surface area contributed by atoms with Crippen molar-refractivity contribution < 1.29 is 14.3 Å². The lowest BCUT2D eigenvalue weighted by Crippen LogP contribution is -2.07. The van der Waals surface area contributed by atoms with Gasteiger partial charge in [0, 0.05) is 12.1 Å². The summed E-state index contributed by atoms with van der Waals surface area (Å²) in [4.78, 5) is 11.5. The van der Waals surface area contributed by atoms with Crippen molar-refractivity contribution in [1.29, 1.82) is 0 Å². The molecule has 166 valence electrons. The molecule has 0 atom stereocenters. The Kier molecular flexibility index (Phi) is 5.65. The smallest absolute Gasteiger partial charge is 0.336 e. The molecule has 3 N–H and O–H groups in total. The molecule has 0 fully saturated rings. The van der Waals surface area contributed by atoms with E-state index in [-0.39, 0.29) is 17.9 Å². The van der Waals surface area contributed by atoms with Crippen molar-refractivity contribution in [1.82, 2.24) is 10.2 Å². The summed E-state index contributed by atoms with van der Waals surface area (Å²) in [6.45, 7) is 0.284. The molecule has 3 aromatic carbocycles. The summed E-state index contributed by atoms with van der Waals surface area (Å²) in [5, 5.41) is 20.8. The van der Waals surface area contributed by atoms with Crippen LogP contribution in [0, 0.1) is 5.82 Å². The van der Waals surface area contributed by atoms with E-state index in [1.54, 1.807) is 30.3 Å². The molecule has 5 rings (SSSR count). The molecule has 1 aliphatic rings. The molecule has 1 heterocycles. The number of rotatable bonds is 6. The van der Waals surface area contributed by atoms with Crippen LogP contribution in [-0.2, 0) is 6.54 Å². The number of aromatic carboxylic acids is 1. The average Bonchev–Trinajstić information content (AvgIpc) is 3.27. The van der Waals surface area contributed by atoms with E-state index in [9.17, 15) is 9.90 Å². The number of halogens is 1. The Morgan fingerprint density at radius 1 is 1.06 bits per heavy atom. The van der Waals surface area contributed by atoms with Gasteiger partial charge in [-0.25, -0.2) is 9.18 Å². The van der Waals surface area contributed by atoms with Gasteiger partial charge >= 0.3 is 5.97 Å². The predicted molar refractivity (Wildman–Crippen MR) is 129 cm³/mol. The summed E-state index contributed by atoms with van der Waals surface area (Å²) in [5.74, 6) is -0.690. The number of aromatic amines is 1. The van der Waals surface area contributed by atoms with Gasteiger partial charge < -0.3 is 10.4 Å². The first-order chi connectivity index (χ1) is 16.1. The number of carbonyl (C=O) groups is 1. The van der Waals surface area contributed by atoms with Gasteiger partial charge in [-0.3, -0.25) is 5.10 Å². The summed E-state index contributed by atoms with van der Waals surface area (Å²) in [6, 6.07) is 17.9. The normalized spacial score (nSPS) is 13.7. The van der Waals surface area contributed by atoms with E-state index in [0.717, 1.165) is 41.3 Å². The second-order valence-corrected chi connectivity index (χ2v) is 8.29. The Morgan fingerprint density at radius 2 is 1.94 bits per heavy atom. The number of benzene rings is 3. The average molecular weight is 442 g/mol. The fourth-order valence-corrected chi connectivity index (χ4v) is 4.52. The molecule has 33 heavy (non-hydrogen) atoms. The largest absolute Gasteiger partial charge is 0.478 e. The van der Waals surface area contributed by atoms with Crippen molar-refractivity contribution in [3.8, 4) is 11.1 Å². The number of hydrogen-bond donors (Lipinski definition) is 3. The molecule has 1 aliphatic carbocycles. The Bertz CT molecular complexity index is 1370. The fraction of sp³-hybridized carbons (Fsp3) is 0.185. The van der Waals surface area contributed by atoms with E-state index in [0.29, 0.717) is 16.9 Å². The van der Waals surface area contributed by atoms with Crippen LogP contribution in [0.15, 0.2) is 66.7 Å². The van der Waals surface area contributed by atoms with Crippen molar-refractivity contribution in [2.24, 2.45) is 0 Å². The molecule has 6 heteroatoms. The van der Waals surface area contributed by atoms with Crippen LogP contribution in [0.25, 0.3) is 27.6 Å². The van der Waals surface area contributed by atoms with E-state index in [4.69, 9.17) is 0 Å². The van der Waals surface area contributed by atoms with Gasteiger partial charge in [-0.2, -0.15) is 5.10 Å². The van der Waals surface area contributed by atoms with E-state index < -0.39 is 5.97 Å². The maximum atomic E-state index is 15.3. The molecule has 0 unspecified atom stereocenters. The van der Waals surface area contributed by atoms with Crippen molar-refractivity contribution in [3.05, 3.63) is 89.2 Å².